The normalized spacial score (nSPS) is 21.2. The first-order chi connectivity index (χ1) is 15.9. The van der Waals surface area contributed by atoms with Gasteiger partial charge in [-0.25, -0.2) is 8.78 Å². The summed E-state index contributed by atoms with van der Waals surface area (Å²) in [5.41, 5.74) is -4.93. The Morgan fingerprint density at radius 3 is 2.21 bits per heavy atom. The van der Waals surface area contributed by atoms with Crippen LogP contribution in [0.3, 0.4) is 0 Å². The second kappa shape index (κ2) is 10.3. The Hall–Kier alpha value is -2.73. The quantitative estimate of drug-likeness (QED) is 0.231. The number of hydrogen-bond acceptors (Lipinski definition) is 6. The second-order valence-corrected chi connectivity index (χ2v) is 9.37. The van der Waals surface area contributed by atoms with Gasteiger partial charge in [-0.1, -0.05) is 12.1 Å². The Kier molecular flexibility index (Phi) is 7.81. The Morgan fingerprint density at radius 2 is 1.65 bits per heavy atom. The zero-order chi connectivity index (χ0) is 25.1. The van der Waals surface area contributed by atoms with Crippen LogP contribution in [-0.4, -0.2) is 33.1 Å². The van der Waals surface area contributed by atoms with E-state index in [2.05, 4.69) is 4.18 Å². The highest BCUT2D eigenvalue weighted by Crippen LogP contribution is 2.41. The molecular formula is C22H21F5O6S. The number of halogens is 5. The number of rotatable bonds is 7. The fraction of sp³-hybridized carbons (Fsp3) is 0.409. The molecule has 1 aliphatic carbocycles. The molecule has 12 heteroatoms. The molecule has 2 aromatic rings. The summed E-state index contributed by atoms with van der Waals surface area (Å²) < 4.78 is 104. The lowest BCUT2D eigenvalue weighted by Gasteiger charge is -2.34. The zero-order valence-electron chi connectivity index (χ0n) is 17.8. The predicted octanol–water partition coefficient (Wildman–Crippen LogP) is 4.84. The summed E-state index contributed by atoms with van der Waals surface area (Å²) in [6, 6.07) is 9.21. The highest BCUT2D eigenvalue weighted by Gasteiger charge is 2.51. The van der Waals surface area contributed by atoms with Crippen molar-refractivity contribution in [3.63, 3.8) is 0 Å². The third kappa shape index (κ3) is 6.23. The molecule has 2 aromatic carbocycles. The van der Waals surface area contributed by atoms with Gasteiger partial charge in [0.1, 0.15) is 24.0 Å². The summed E-state index contributed by atoms with van der Waals surface area (Å²) in [4.78, 5) is 12.8. The van der Waals surface area contributed by atoms with Crippen LogP contribution >= 0.6 is 0 Å². The van der Waals surface area contributed by atoms with Crippen LogP contribution in [0, 0.1) is 17.6 Å². The lowest BCUT2D eigenvalue weighted by Crippen LogP contribution is -2.41. The van der Waals surface area contributed by atoms with E-state index in [4.69, 9.17) is 9.47 Å². The van der Waals surface area contributed by atoms with Crippen LogP contribution < -0.4 is 4.74 Å². The third-order valence-corrected chi connectivity index (χ3v) is 6.59. The van der Waals surface area contributed by atoms with Crippen molar-refractivity contribution in [3.8, 4) is 5.75 Å². The van der Waals surface area contributed by atoms with Crippen molar-refractivity contribution < 1.29 is 48.8 Å². The molecule has 0 aromatic heterocycles. The highest BCUT2D eigenvalue weighted by molar-refractivity contribution is 7.87. The van der Waals surface area contributed by atoms with Crippen LogP contribution in [0.4, 0.5) is 22.0 Å². The van der Waals surface area contributed by atoms with Crippen LogP contribution in [0.2, 0.25) is 0 Å². The van der Waals surface area contributed by atoms with Gasteiger partial charge in [-0.2, -0.15) is 21.6 Å². The molecule has 0 radical (unpaired) electrons. The maximum absolute atomic E-state index is 13.7. The number of carbonyl (C=O) groups excluding carboxylic acids is 1. The molecule has 0 N–H and O–H groups in total. The molecule has 6 nitrogen and oxygen atoms in total. The number of alkyl halides is 3. The molecule has 3 unspecified atom stereocenters. The standard InChI is InChI=1S/C22H21F5O6S/c1-31-18-5-2-13(3-6-18)12-32-21(28)19-10-14(15-8-16(23)11-17(24)9-15)4-7-20(19)33-34(29,30)22(25,26)27/h2-3,5-6,8-9,11,14,19-20H,4,7,10,12H2,1H3. The van der Waals surface area contributed by atoms with Crippen LogP contribution in [0.25, 0.3) is 0 Å². The lowest BCUT2D eigenvalue weighted by atomic mass is 9.76. The van der Waals surface area contributed by atoms with Gasteiger partial charge in [-0.05, 0) is 60.6 Å². The van der Waals surface area contributed by atoms with Crippen molar-refractivity contribution in [1.82, 2.24) is 0 Å². The van der Waals surface area contributed by atoms with E-state index in [0.29, 0.717) is 17.4 Å². The summed E-state index contributed by atoms with van der Waals surface area (Å²) in [5, 5.41) is 0. The Labute approximate surface area is 192 Å². The molecule has 34 heavy (non-hydrogen) atoms. The molecule has 0 bridgehead atoms. The number of carbonyl (C=O) groups is 1. The van der Waals surface area contributed by atoms with E-state index < -0.39 is 51.2 Å². The molecule has 1 saturated carbocycles. The molecular weight excluding hydrogens is 487 g/mol. The van der Waals surface area contributed by atoms with Crippen molar-refractivity contribution in [3.05, 3.63) is 65.2 Å². The van der Waals surface area contributed by atoms with E-state index in [1.807, 2.05) is 0 Å². The highest BCUT2D eigenvalue weighted by atomic mass is 32.2. The van der Waals surface area contributed by atoms with E-state index >= 15 is 0 Å². The molecule has 0 aliphatic heterocycles. The van der Waals surface area contributed by atoms with E-state index in [1.165, 1.54) is 7.11 Å². The summed E-state index contributed by atoms with van der Waals surface area (Å²) >= 11 is 0. The largest absolute Gasteiger partial charge is 0.523 e. The molecule has 1 fully saturated rings. The van der Waals surface area contributed by atoms with Gasteiger partial charge in [0.25, 0.3) is 0 Å². The molecule has 0 heterocycles. The van der Waals surface area contributed by atoms with Gasteiger partial charge in [0.05, 0.1) is 19.1 Å². The Balaban J connectivity index is 1.80. The first kappa shape index (κ1) is 25.9. The Morgan fingerprint density at radius 1 is 1.03 bits per heavy atom. The summed E-state index contributed by atoms with van der Waals surface area (Å²) in [6.45, 7) is -0.239. The fourth-order valence-corrected chi connectivity index (χ4v) is 4.49. The van der Waals surface area contributed by atoms with Crippen LogP contribution in [-0.2, 0) is 30.4 Å². The predicted molar refractivity (Wildman–Crippen MR) is 109 cm³/mol. The summed E-state index contributed by atoms with van der Waals surface area (Å²) in [6.07, 6.45) is -2.10. The maximum atomic E-state index is 13.7. The van der Waals surface area contributed by atoms with E-state index in [9.17, 15) is 35.2 Å². The van der Waals surface area contributed by atoms with Gasteiger partial charge in [0.2, 0.25) is 0 Å². The second-order valence-electron chi connectivity index (χ2n) is 7.81. The lowest BCUT2D eigenvalue weighted by molar-refractivity contribution is -0.155. The van der Waals surface area contributed by atoms with E-state index in [0.717, 1.165) is 12.1 Å². The monoisotopic (exact) mass is 508 g/mol. The van der Waals surface area contributed by atoms with Crippen molar-refractivity contribution in [1.29, 1.82) is 0 Å². The van der Waals surface area contributed by atoms with Crippen molar-refractivity contribution in [2.45, 2.75) is 43.4 Å². The number of hydrogen-bond donors (Lipinski definition) is 0. The van der Waals surface area contributed by atoms with Gasteiger partial charge in [0.15, 0.2) is 0 Å². The van der Waals surface area contributed by atoms with Gasteiger partial charge in [-0.3, -0.25) is 8.98 Å². The fourth-order valence-electron chi connectivity index (χ4n) is 3.82. The number of methoxy groups -OCH3 is 1. The van der Waals surface area contributed by atoms with Gasteiger partial charge >= 0.3 is 21.6 Å². The molecule has 3 rings (SSSR count). The van der Waals surface area contributed by atoms with E-state index in [1.54, 1.807) is 24.3 Å². The molecule has 0 amide bonds. The van der Waals surface area contributed by atoms with Crippen LogP contribution in [0.5, 0.6) is 5.75 Å². The van der Waals surface area contributed by atoms with Crippen molar-refractivity contribution >= 4 is 16.1 Å². The van der Waals surface area contributed by atoms with Crippen molar-refractivity contribution in [2.75, 3.05) is 7.11 Å². The van der Waals surface area contributed by atoms with E-state index in [-0.39, 0.29) is 31.4 Å². The molecule has 1 aliphatic rings. The minimum Gasteiger partial charge on any atom is -0.497 e. The average Bonchev–Trinajstić information content (AvgIpc) is 2.76. The summed E-state index contributed by atoms with van der Waals surface area (Å²) in [7, 11) is -4.51. The molecule has 0 spiro atoms. The number of esters is 1. The van der Waals surface area contributed by atoms with Gasteiger partial charge in [0, 0.05) is 6.07 Å². The van der Waals surface area contributed by atoms with Crippen molar-refractivity contribution in [2.24, 2.45) is 5.92 Å². The zero-order valence-corrected chi connectivity index (χ0v) is 18.7. The van der Waals surface area contributed by atoms with Gasteiger partial charge in [-0.15, -0.1) is 0 Å². The first-order valence-electron chi connectivity index (χ1n) is 10.1. The number of ether oxygens (including phenoxy) is 2. The minimum atomic E-state index is -5.98. The summed E-state index contributed by atoms with van der Waals surface area (Å²) in [5.74, 6) is -4.19. The smallest absolute Gasteiger partial charge is 0.497 e. The first-order valence-corrected chi connectivity index (χ1v) is 11.6. The number of benzene rings is 2. The molecule has 3 atom stereocenters. The SMILES string of the molecule is COc1ccc(COC(=O)C2CC(c3cc(F)cc(F)c3)CCC2OS(=O)(=O)C(F)(F)F)cc1. The maximum Gasteiger partial charge on any atom is 0.523 e. The minimum absolute atomic E-state index is 0.0448. The van der Waals surface area contributed by atoms with Crippen LogP contribution in [0.1, 0.15) is 36.3 Å². The Bertz CT molecular complexity index is 1100. The molecule has 186 valence electrons. The topological polar surface area (TPSA) is 78.9 Å². The average molecular weight is 508 g/mol. The van der Waals surface area contributed by atoms with Gasteiger partial charge < -0.3 is 9.47 Å². The van der Waals surface area contributed by atoms with Crippen LogP contribution in [0.15, 0.2) is 42.5 Å². The third-order valence-electron chi connectivity index (χ3n) is 5.52. The molecule has 0 saturated heterocycles.